The van der Waals surface area contributed by atoms with E-state index >= 15 is 0 Å². The summed E-state index contributed by atoms with van der Waals surface area (Å²) in [6, 6.07) is 14.1. The van der Waals surface area contributed by atoms with Crippen LogP contribution in [0.1, 0.15) is 29.8 Å². The van der Waals surface area contributed by atoms with Crippen molar-refractivity contribution in [1.82, 2.24) is 4.90 Å². The number of sulfonamides is 1. The minimum Gasteiger partial charge on any atom is -0.322 e. The quantitative estimate of drug-likeness (QED) is 0.743. The SMILES string of the molecule is CCN(CC)Cc1cccc(NC(=O)c2cccc(NS(C)(=O)=O)c2)c1. The van der Waals surface area contributed by atoms with Crippen LogP contribution >= 0.6 is 0 Å². The number of nitrogens with zero attached hydrogens (tertiary/aromatic N) is 1. The number of hydrogen-bond acceptors (Lipinski definition) is 4. The van der Waals surface area contributed by atoms with Crippen molar-refractivity contribution in [2.75, 3.05) is 29.4 Å². The van der Waals surface area contributed by atoms with E-state index in [2.05, 4.69) is 28.8 Å². The Morgan fingerprint density at radius 1 is 1.00 bits per heavy atom. The third kappa shape index (κ3) is 6.16. The molecule has 1 amide bonds. The zero-order valence-corrected chi connectivity index (χ0v) is 16.1. The van der Waals surface area contributed by atoms with Gasteiger partial charge < -0.3 is 5.32 Å². The normalized spacial score (nSPS) is 11.4. The summed E-state index contributed by atoms with van der Waals surface area (Å²) in [6.45, 7) is 6.99. The first-order chi connectivity index (χ1) is 12.3. The van der Waals surface area contributed by atoms with Crippen molar-refractivity contribution in [3.63, 3.8) is 0 Å². The smallest absolute Gasteiger partial charge is 0.255 e. The summed E-state index contributed by atoms with van der Waals surface area (Å²) >= 11 is 0. The first-order valence-corrected chi connectivity index (χ1v) is 10.4. The second-order valence-electron chi connectivity index (χ2n) is 6.07. The lowest BCUT2D eigenvalue weighted by atomic mass is 10.1. The number of rotatable bonds is 8. The van der Waals surface area contributed by atoms with Gasteiger partial charge in [-0.3, -0.25) is 14.4 Å². The third-order valence-corrected chi connectivity index (χ3v) is 4.52. The highest BCUT2D eigenvalue weighted by atomic mass is 32.2. The van der Waals surface area contributed by atoms with E-state index < -0.39 is 10.0 Å². The van der Waals surface area contributed by atoms with Crippen molar-refractivity contribution in [3.8, 4) is 0 Å². The molecule has 0 radical (unpaired) electrons. The average Bonchev–Trinajstić information content (AvgIpc) is 2.58. The number of carbonyl (C=O) groups excluding carboxylic acids is 1. The van der Waals surface area contributed by atoms with Crippen LogP contribution in [0.2, 0.25) is 0 Å². The Bertz CT molecular complexity index is 862. The highest BCUT2D eigenvalue weighted by Gasteiger charge is 2.09. The maximum Gasteiger partial charge on any atom is 0.255 e. The van der Waals surface area contributed by atoms with Gasteiger partial charge in [0.25, 0.3) is 5.91 Å². The highest BCUT2D eigenvalue weighted by molar-refractivity contribution is 7.92. The van der Waals surface area contributed by atoms with Crippen LogP contribution in [-0.2, 0) is 16.6 Å². The molecule has 0 spiro atoms. The summed E-state index contributed by atoms with van der Waals surface area (Å²) in [5, 5.41) is 2.86. The summed E-state index contributed by atoms with van der Waals surface area (Å²) in [5.41, 5.74) is 2.57. The Kier molecular flexibility index (Phi) is 6.76. The lowest BCUT2D eigenvalue weighted by Gasteiger charge is -2.18. The van der Waals surface area contributed by atoms with Crippen LogP contribution in [0.4, 0.5) is 11.4 Å². The third-order valence-electron chi connectivity index (χ3n) is 3.91. The number of benzene rings is 2. The van der Waals surface area contributed by atoms with Crippen LogP contribution in [0.3, 0.4) is 0 Å². The van der Waals surface area contributed by atoms with Crippen molar-refractivity contribution in [1.29, 1.82) is 0 Å². The van der Waals surface area contributed by atoms with Gasteiger partial charge in [0.2, 0.25) is 10.0 Å². The molecule has 0 bridgehead atoms. The molecule has 0 aliphatic carbocycles. The van der Waals surface area contributed by atoms with Crippen LogP contribution in [0.15, 0.2) is 48.5 Å². The van der Waals surface area contributed by atoms with Gasteiger partial charge in [0.05, 0.1) is 6.26 Å². The summed E-state index contributed by atoms with van der Waals surface area (Å²) < 4.78 is 25.0. The lowest BCUT2D eigenvalue weighted by molar-refractivity contribution is 0.102. The zero-order chi connectivity index (χ0) is 19.2. The average molecular weight is 375 g/mol. The number of anilines is 2. The molecule has 0 aliphatic heterocycles. The minimum atomic E-state index is -3.39. The fourth-order valence-corrected chi connectivity index (χ4v) is 3.15. The van der Waals surface area contributed by atoms with E-state index in [4.69, 9.17) is 0 Å². The molecule has 0 aliphatic rings. The molecule has 26 heavy (non-hydrogen) atoms. The van der Waals surface area contributed by atoms with Crippen molar-refractivity contribution < 1.29 is 13.2 Å². The van der Waals surface area contributed by atoms with Crippen LogP contribution in [0.5, 0.6) is 0 Å². The molecule has 0 fully saturated rings. The molecule has 0 atom stereocenters. The van der Waals surface area contributed by atoms with Crippen LogP contribution in [-0.4, -0.2) is 38.6 Å². The molecule has 2 N–H and O–H groups in total. The van der Waals surface area contributed by atoms with Crippen molar-refractivity contribution in [3.05, 3.63) is 59.7 Å². The van der Waals surface area contributed by atoms with E-state index in [9.17, 15) is 13.2 Å². The Morgan fingerprint density at radius 2 is 1.65 bits per heavy atom. The van der Waals surface area contributed by atoms with Crippen LogP contribution in [0.25, 0.3) is 0 Å². The molecule has 140 valence electrons. The monoisotopic (exact) mass is 375 g/mol. The molecule has 2 aromatic carbocycles. The van der Waals surface area contributed by atoms with E-state index in [1.165, 1.54) is 6.07 Å². The molecule has 7 heteroatoms. The largest absolute Gasteiger partial charge is 0.322 e. The Morgan fingerprint density at radius 3 is 2.31 bits per heavy atom. The number of nitrogens with one attached hydrogen (secondary N) is 2. The Balaban J connectivity index is 2.11. The predicted octanol–water partition coefficient (Wildman–Crippen LogP) is 3.15. The molecule has 0 aromatic heterocycles. The highest BCUT2D eigenvalue weighted by Crippen LogP contribution is 2.16. The number of hydrogen-bond donors (Lipinski definition) is 2. The number of amides is 1. The van der Waals surface area contributed by atoms with Gasteiger partial charge in [0.1, 0.15) is 0 Å². The molecule has 0 saturated carbocycles. The maximum atomic E-state index is 12.5. The Hall–Kier alpha value is -2.38. The maximum absolute atomic E-state index is 12.5. The molecule has 2 aromatic rings. The molecule has 0 saturated heterocycles. The molecule has 2 rings (SSSR count). The fraction of sp³-hybridized carbons (Fsp3) is 0.316. The molecule has 0 unspecified atom stereocenters. The summed E-state index contributed by atoms with van der Waals surface area (Å²) in [7, 11) is -3.39. The zero-order valence-electron chi connectivity index (χ0n) is 15.3. The van der Waals surface area contributed by atoms with E-state index in [0.29, 0.717) is 16.9 Å². The lowest BCUT2D eigenvalue weighted by Crippen LogP contribution is -2.22. The summed E-state index contributed by atoms with van der Waals surface area (Å²) in [6.07, 6.45) is 1.07. The predicted molar refractivity (Wildman–Crippen MR) is 106 cm³/mol. The topological polar surface area (TPSA) is 78.5 Å². The first kappa shape index (κ1) is 19.9. The standard InChI is InChI=1S/C19H25N3O3S/c1-4-22(5-2)14-15-8-6-10-17(12-15)20-19(23)16-9-7-11-18(13-16)21-26(3,24)25/h6-13,21H,4-5,14H2,1-3H3,(H,20,23). The van der Waals surface area contributed by atoms with E-state index in [1.54, 1.807) is 18.2 Å². The van der Waals surface area contributed by atoms with Gasteiger partial charge >= 0.3 is 0 Å². The van der Waals surface area contributed by atoms with E-state index in [0.717, 1.165) is 31.5 Å². The van der Waals surface area contributed by atoms with Crippen LogP contribution in [0, 0.1) is 0 Å². The summed E-state index contributed by atoms with van der Waals surface area (Å²) in [4.78, 5) is 14.8. The van der Waals surface area contributed by atoms with E-state index in [-0.39, 0.29) is 5.91 Å². The first-order valence-electron chi connectivity index (χ1n) is 8.51. The van der Waals surface area contributed by atoms with E-state index in [1.807, 2.05) is 24.3 Å². The fourth-order valence-electron chi connectivity index (χ4n) is 2.59. The van der Waals surface area contributed by atoms with Crippen molar-refractivity contribution in [2.45, 2.75) is 20.4 Å². The van der Waals surface area contributed by atoms with Gasteiger partial charge in [-0.1, -0.05) is 32.0 Å². The van der Waals surface area contributed by atoms with Gasteiger partial charge in [-0.05, 0) is 49.0 Å². The van der Waals surface area contributed by atoms with Gasteiger partial charge in [-0.2, -0.15) is 0 Å². The van der Waals surface area contributed by atoms with Gasteiger partial charge in [0.15, 0.2) is 0 Å². The van der Waals surface area contributed by atoms with Crippen molar-refractivity contribution >= 4 is 27.3 Å². The Labute approximate surface area is 155 Å². The number of carbonyl (C=O) groups is 1. The van der Waals surface area contributed by atoms with Gasteiger partial charge in [-0.25, -0.2) is 8.42 Å². The minimum absolute atomic E-state index is 0.290. The van der Waals surface area contributed by atoms with Crippen molar-refractivity contribution in [2.24, 2.45) is 0 Å². The molecular weight excluding hydrogens is 350 g/mol. The molecule has 0 heterocycles. The second-order valence-corrected chi connectivity index (χ2v) is 7.82. The second kappa shape index (κ2) is 8.82. The molecular formula is C19H25N3O3S. The van der Waals surface area contributed by atoms with Gasteiger partial charge in [0, 0.05) is 23.5 Å². The van der Waals surface area contributed by atoms with Crippen LogP contribution < -0.4 is 10.0 Å². The molecule has 6 nitrogen and oxygen atoms in total. The summed E-state index contributed by atoms with van der Waals surface area (Å²) in [5.74, 6) is -0.290. The van der Waals surface area contributed by atoms with Gasteiger partial charge in [-0.15, -0.1) is 0 Å².